The molecule has 4 heteroatoms. The van der Waals surface area contributed by atoms with Crippen molar-refractivity contribution >= 4 is 11.6 Å². The van der Waals surface area contributed by atoms with Gasteiger partial charge in [0.1, 0.15) is 0 Å². The van der Waals surface area contributed by atoms with E-state index in [1.807, 2.05) is 36.6 Å². The second-order valence-corrected chi connectivity index (χ2v) is 5.99. The highest BCUT2D eigenvalue weighted by molar-refractivity contribution is 6.30. The number of nitrogens with zero attached hydrogens (tertiary/aromatic N) is 1. The van der Waals surface area contributed by atoms with E-state index in [1.54, 1.807) is 26.1 Å². The molecule has 0 amide bonds. The standard InChI is InChI=1S/C16H18ClNO2/c1-10-7-12(17)5-6-14(10)18-9-13(16(3,4)20)15(19)8-11(18)2/h5-9,20H,1-4H3. The number of pyridine rings is 1. The normalized spacial score (nSPS) is 11.7. The smallest absolute Gasteiger partial charge is 0.187 e. The van der Waals surface area contributed by atoms with E-state index in [1.165, 1.54) is 0 Å². The van der Waals surface area contributed by atoms with Crippen LogP contribution in [-0.2, 0) is 5.60 Å². The van der Waals surface area contributed by atoms with E-state index < -0.39 is 5.60 Å². The summed E-state index contributed by atoms with van der Waals surface area (Å²) in [4.78, 5) is 12.0. The highest BCUT2D eigenvalue weighted by atomic mass is 35.5. The molecule has 2 aromatic rings. The van der Waals surface area contributed by atoms with Gasteiger partial charge < -0.3 is 9.67 Å². The number of aryl methyl sites for hydroxylation is 2. The van der Waals surface area contributed by atoms with Crippen LogP contribution in [0.25, 0.3) is 5.69 Å². The zero-order chi connectivity index (χ0) is 15.1. The van der Waals surface area contributed by atoms with E-state index in [0.29, 0.717) is 10.6 Å². The molecular weight excluding hydrogens is 274 g/mol. The van der Waals surface area contributed by atoms with Crippen LogP contribution in [0.3, 0.4) is 0 Å². The van der Waals surface area contributed by atoms with Crippen LogP contribution in [0, 0.1) is 13.8 Å². The Kier molecular flexibility index (Phi) is 3.76. The molecular formula is C16H18ClNO2. The minimum atomic E-state index is -1.17. The quantitative estimate of drug-likeness (QED) is 0.922. The van der Waals surface area contributed by atoms with Crippen LogP contribution in [0.4, 0.5) is 0 Å². The fourth-order valence-corrected chi connectivity index (χ4v) is 2.47. The first-order chi connectivity index (χ1) is 9.20. The Hall–Kier alpha value is -1.58. The lowest BCUT2D eigenvalue weighted by Crippen LogP contribution is -2.27. The van der Waals surface area contributed by atoms with Crippen molar-refractivity contribution in [3.8, 4) is 5.69 Å². The maximum Gasteiger partial charge on any atom is 0.187 e. The maximum atomic E-state index is 12.0. The number of aromatic nitrogens is 1. The van der Waals surface area contributed by atoms with Gasteiger partial charge in [0, 0.05) is 34.2 Å². The maximum absolute atomic E-state index is 12.0. The van der Waals surface area contributed by atoms with Crippen molar-refractivity contribution in [3.63, 3.8) is 0 Å². The summed E-state index contributed by atoms with van der Waals surface area (Å²) in [6, 6.07) is 7.13. The van der Waals surface area contributed by atoms with Crippen LogP contribution >= 0.6 is 11.6 Å². The number of aliphatic hydroxyl groups is 1. The molecule has 0 aliphatic rings. The predicted molar refractivity (Wildman–Crippen MR) is 81.8 cm³/mol. The highest BCUT2D eigenvalue weighted by Gasteiger charge is 2.21. The molecule has 0 atom stereocenters. The first kappa shape index (κ1) is 14.8. The van der Waals surface area contributed by atoms with Gasteiger partial charge in [-0.15, -0.1) is 0 Å². The van der Waals surface area contributed by atoms with Crippen molar-refractivity contribution < 1.29 is 5.11 Å². The van der Waals surface area contributed by atoms with Gasteiger partial charge >= 0.3 is 0 Å². The Bertz CT molecular complexity index is 711. The van der Waals surface area contributed by atoms with Gasteiger partial charge in [-0.3, -0.25) is 4.79 Å². The molecule has 0 unspecified atom stereocenters. The fraction of sp³-hybridized carbons (Fsp3) is 0.312. The summed E-state index contributed by atoms with van der Waals surface area (Å²) >= 11 is 5.97. The minimum Gasteiger partial charge on any atom is -0.386 e. The topological polar surface area (TPSA) is 42.2 Å². The van der Waals surface area contributed by atoms with Crippen molar-refractivity contribution in [1.82, 2.24) is 4.57 Å². The Balaban J connectivity index is 2.72. The van der Waals surface area contributed by atoms with Crippen molar-refractivity contribution in [3.05, 3.63) is 62.5 Å². The Labute approximate surface area is 123 Å². The number of rotatable bonds is 2. The zero-order valence-corrected chi connectivity index (χ0v) is 12.8. The lowest BCUT2D eigenvalue weighted by molar-refractivity contribution is 0.0769. The third-order valence-electron chi connectivity index (χ3n) is 3.32. The molecule has 3 nitrogen and oxygen atoms in total. The van der Waals surface area contributed by atoms with E-state index in [0.717, 1.165) is 16.9 Å². The Morgan fingerprint density at radius 2 is 1.85 bits per heavy atom. The predicted octanol–water partition coefficient (Wildman–Crippen LogP) is 3.34. The van der Waals surface area contributed by atoms with E-state index in [4.69, 9.17) is 11.6 Å². The lowest BCUT2D eigenvalue weighted by Gasteiger charge is -2.21. The van der Waals surface area contributed by atoms with Crippen LogP contribution in [-0.4, -0.2) is 9.67 Å². The minimum absolute atomic E-state index is 0.155. The molecule has 20 heavy (non-hydrogen) atoms. The van der Waals surface area contributed by atoms with Crippen LogP contribution in [0.2, 0.25) is 5.02 Å². The first-order valence-electron chi connectivity index (χ1n) is 6.43. The van der Waals surface area contributed by atoms with Gasteiger partial charge in [0.2, 0.25) is 0 Å². The second kappa shape index (κ2) is 5.08. The Morgan fingerprint density at radius 1 is 1.20 bits per heavy atom. The average Bonchev–Trinajstić information content (AvgIpc) is 2.28. The summed E-state index contributed by atoms with van der Waals surface area (Å²) in [5.41, 5.74) is 1.81. The van der Waals surface area contributed by atoms with Gasteiger partial charge in [-0.05, 0) is 51.5 Å². The molecule has 0 radical (unpaired) electrons. The van der Waals surface area contributed by atoms with Crippen LogP contribution in [0.5, 0.6) is 0 Å². The van der Waals surface area contributed by atoms with Gasteiger partial charge in [0.05, 0.1) is 5.60 Å². The van der Waals surface area contributed by atoms with Crippen molar-refractivity contribution in [2.24, 2.45) is 0 Å². The molecule has 1 aromatic heterocycles. The molecule has 0 aliphatic carbocycles. The SMILES string of the molecule is Cc1cc(Cl)ccc1-n1cc(C(C)(C)O)c(=O)cc1C. The molecule has 0 fully saturated rings. The molecule has 0 saturated carbocycles. The number of halogens is 1. The van der Waals surface area contributed by atoms with Crippen LogP contribution < -0.4 is 5.43 Å². The van der Waals surface area contributed by atoms with E-state index >= 15 is 0 Å². The molecule has 0 spiro atoms. The summed E-state index contributed by atoms with van der Waals surface area (Å²) in [6.45, 7) is 7.04. The second-order valence-electron chi connectivity index (χ2n) is 5.55. The number of hydrogen-bond donors (Lipinski definition) is 1. The average molecular weight is 292 g/mol. The summed E-state index contributed by atoms with van der Waals surface area (Å²) in [6.07, 6.45) is 1.70. The molecule has 0 aliphatic heterocycles. The number of hydrogen-bond acceptors (Lipinski definition) is 2. The summed E-state index contributed by atoms with van der Waals surface area (Å²) in [7, 11) is 0. The third-order valence-corrected chi connectivity index (χ3v) is 3.56. The van der Waals surface area contributed by atoms with Gasteiger partial charge in [0.25, 0.3) is 0 Å². The van der Waals surface area contributed by atoms with E-state index in [-0.39, 0.29) is 5.43 Å². The molecule has 0 bridgehead atoms. The van der Waals surface area contributed by atoms with Crippen molar-refractivity contribution in [2.75, 3.05) is 0 Å². The van der Waals surface area contributed by atoms with Crippen LogP contribution in [0.15, 0.2) is 35.3 Å². The van der Waals surface area contributed by atoms with Crippen LogP contribution in [0.1, 0.15) is 30.7 Å². The molecule has 1 N–H and O–H groups in total. The summed E-state index contributed by atoms with van der Waals surface area (Å²) in [5, 5.41) is 10.8. The van der Waals surface area contributed by atoms with Gasteiger partial charge in [-0.1, -0.05) is 11.6 Å². The molecule has 1 heterocycles. The van der Waals surface area contributed by atoms with Crippen molar-refractivity contribution in [2.45, 2.75) is 33.3 Å². The first-order valence-corrected chi connectivity index (χ1v) is 6.80. The van der Waals surface area contributed by atoms with Gasteiger partial charge in [0.15, 0.2) is 5.43 Å². The summed E-state index contributed by atoms with van der Waals surface area (Å²) < 4.78 is 1.90. The molecule has 2 rings (SSSR count). The highest BCUT2D eigenvalue weighted by Crippen LogP contribution is 2.22. The zero-order valence-electron chi connectivity index (χ0n) is 12.1. The van der Waals surface area contributed by atoms with E-state index in [2.05, 4.69) is 0 Å². The molecule has 0 saturated heterocycles. The summed E-state index contributed by atoms with van der Waals surface area (Å²) in [5.74, 6) is 0. The largest absolute Gasteiger partial charge is 0.386 e. The van der Waals surface area contributed by atoms with Crippen molar-refractivity contribution in [1.29, 1.82) is 0 Å². The van der Waals surface area contributed by atoms with Gasteiger partial charge in [-0.25, -0.2) is 0 Å². The number of benzene rings is 1. The van der Waals surface area contributed by atoms with E-state index in [9.17, 15) is 9.90 Å². The monoisotopic (exact) mass is 291 g/mol. The molecule has 106 valence electrons. The third kappa shape index (κ3) is 2.79. The molecule has 1 aromatic carbocycles. The fourth-order valence-electron chi connectivity index (χ4n) is 2.24. The Morgan fingerprint density at radius 3 is 2.40 bits per heavy atom. The lowest BCUT2D eigenvalue weighted by atomic mass is 9.99. The van der Waals surface area contributed by atoms with Gasteiger partial charge in [-0.2, -0.15) is 0 Å².